The van der Waals surface area contributed by atoms with Gasteiger partial charge in [0.1, 0.15) is 5.82 Å². The average molecular weight is 515 g/mol. The summed E-state index contributed by atoms with van der Waals surface area (Å²) in [5.74, 6) is -3.71. The minimum atomic E-state index is -3.24. The topological polar surface area (TPSA) is 100 Å². The Balaban J connectivity index is 1.87. The first-order valence-electron chi connectivity index (χ1n) is 10.5. The summed E-state index contributed by atoms with van der Waals surface area (Å²) in [5, 5.41) is 0. The summed E-state index contributed by atoms with van der Waals surface area (Å²) in [4.78, 5) is 29.5. The van der Waals surface area contributed by atoms with Crippen LogP contribution in [0.1, 0.15) is 43.6 Å². The molecule has 1 saturated heterocycles. The number of fused-ring (bicyclic) bond motifs is 1. The Kier molecular flexibility index (Phi) is 6.02. The van der Waals surface area contributed by atoms with Crippen LogP contribution in [-0.4, -0.2) is 46.4 Å². The van der Waals surface area contributed by atoms with Crippen molar-refractivity contribution >= 4 is 26.7 Å². The Labute approximate surface area is 197 Å². The van der Waals surface area contributed by atoms with Crippen molar-refractivity contribution in [3.8, 4) is 11.6 Å². The van der Waals surface area contributed by atoms with Crippen LogP contribution < -0.4 is 10.4 Å². The number of hydrogen-bond donors (Lipinski definition) is 0. The molecule has 2 aromatic heterocycles. The highest BCUT2D eigenvalue weighted by molar-refractivity contribution is 7.92. The zero-order chi connectivity index (χ0) is 25.9. The summed E-state index contributed by atoms with van der Waals surface area (Å²) in [6.45, 7) is 1.66. The van der Waals surface area contributed by atoms with Crippen molar-refractivity contribution < 1.29 is 35.5 Å². The second-order valence-corrected chi connectivity index (χ2v) is 11.3. The first-order valence-corrected chi connectivity index (χ1v) is 12.3. The van der Waals surface area contributed by atoms with E-state index in [1.54, 1.807) is 20.8 Å². The number of nitrogens with zero attached hydrogens (tertiary/aromatic N) is 3. The van der Waals surface area contributed by atoms with Gasteiger partial charge in [-0.1, -0.05) is 6.92 Å². The van der Waals surface area contributed by atoms with Gasteiger partial charge < -0.3 is 4.74 Å². The highest BCUT2D eigenvalue weighted by atomic mass is 32.2. The maximum absolute atomic E-state index is 15.1. The van der Waals surface area contributed by atoms with E-state index in [4.69, 9.17) is 0 Å². The molecule has 0 saturated carbocycles. The third-order valence-electron chi connectivity index (χ3n) is 5.76. The number of pyridine rings is 1. The summed E-state index contributed by atoms with van der Waals surface area (Å²) >= 11 is 0. The molecule has 4 rings (SSSR count). The molecule has 1 aliphatic heterocycles. The molecule has 0 spiro atoms. The summed E-state index contributed by atoms with van der Waals surface area (Å²) < 4.78 is 84.3. The number of halogens is 4. The van der Waals surface area contributed by atoms with Gasteiger partial charge in [0, 0.05) is 30.0 Å². The van der Waals surface area contributed by atoms with Crippen LogP contribution in [0.3, 0.4) is 0 Å². The van der Waals surface area contributed by atoms with Gasteiger partial charge in [-0.2, -0.15) is 8.78 Å². The maximum Gasteiger partial charge on any atom is 0.388 e. The molecule has 0 aliphatic carbocycles. The van der Waals surface area contributed by atoms with E-state index in [1.165, 1.54) is 4.57 Å². The highest BCUT2D eigenvalue weighted by Gasteiger charge is 2.46. The maximum atomic E-state index is 15.1. The third-order valence-corrected chi connectivity index (χ3v) is 8.04. The molecule has 0 unspecified atom stereocenters. The second-order valence-electron chi connectivity index (χ2n) is 9.20. The van der Waals surface area contributed by atoms with Crippen LogP contribution in [0.15, 0.2) is 29.2 Å². The number of carbonyl (C=O) groups is 1. The van der Waals surface area contributed by atoms with E-state index < -0.39 is 62.6 Å². The minimum absolute atomic E-state index is 0.105. The smallest absolute Gasteiger partial charge is 0.388 e. The number of carbonyl (C=O) groups excluding carboxylic acids is 1. The van der Waals surface area contributed by atoms with Crippen molar-refractivity contribution in [2.24, 2.45) is 5.41 Å². The monoisotopic (exact) mass is 515 g/mol. The van der Waals surface area contributed by atoms with Crippen LogP contribution in [0, 0.1) is 17.0 Å². The van der Waals surface area contributed by atoms with Gasteiger partial charge in [-0.25, -0.2) is 27.0 Å². The average Bonchev–Trinajstić information content (AvgIpc) is 2.97. The second kappa shape index (κ2) is 8.47. The van der Waals surface area contributed by atoms with E-state index in [9.17, 15) is 31.2 Å². The normalized spacial score (nSPS) is 16.6. The predicted octanol–water partition coefficient (Wildman–Crippen LogP) is 3.66. The lowest BCUT2D eigenvalue weighted by Gasteiger charge is -2.37. The quantitative estimate of drug-likeness (QED) is 0.352. The van der Waals surface area contributed by atoms with Gasteiger partial charge in [-0.05, 0) is 19.9 Å². The van der Waals surface area contributed by atoms with E-state index in [0.717, 1.165) is 22.8 Å². The lowest BCUT2D eigenvalue weighted by molar-refractivity contribution is -0.0529. The number of imidazole rings is 1. The van der Waals surface area contributed by atoms with E-state index in [2.05, 4.69) is 9.72 Å². The molecule has 0 amide bonds. The molecule has 0 bridgehead atoms. The third kappa shape index (κ3) is 4.56. The molecule has 0 N–H and O–H groups in total. The standard InChI is InChI=1S/C22H21F4N3O5S/c1-11(2)28-16-4-12(18(30)7-22(3)9-35(32,33)10-22)13(23)5-17(16)29(21(28)31)15-6-19(34-20(25)26)27-8-14(15)24/h4-6,8,11,20H,7,9-10H2,1-3H3. The van der Waals surface area contributed by atoms with E-state index in [0.29, 0.717) is 6.20 Å². The molecule has 3 aromatic rings. The number of alkyl halides is 2. The number of Topliss-reactive ketones (excluding diaryl/α,β-unsaturated/α-hetero) is 1. The van der Waals surface area contributed by atoms with Gasteiger partial charge in [0.05, 0.1) is 40.0 Å². The fourth-order valence-electron chi connectivity index (χ4n) is 4.52. The van der Waals surface area contributed by atoms with Crippen molar-refractivity contribution in [1.29, 1.82) is 0 Å². The summed E-state index contributed by atoms with van der Waals surface area (Å²) in [7, 11) is -3.22. The number of ether oxygens (including phenoxy) is 1. The van der Waals surface area contributed by atoms with Crippen molar-refractivity contribution in [2.45, 2.75) is 39.8 Å². The first-order chi connectivity index (χ1) is 16.2. The van der Waals surface area contributed by atoms with Crippen molar-refractivity contribution in [2.75, 3.05) is 11.5 Å². The zero-order valence-electron chi connectivity index (χ0n) is 18.9. The van der Waals surface area contributed by atoms with Crippen LogP contribution in [-0.2, 0) is 9.84 Å². The van der Waals surface area contributed by atoms with Crippen molar-refractivity contribution in [1.82, 2.24) is 14.1 Å². The van der Waals surface area contributed by atoms with Crippen molar-refractivity contribution in [3.63, 3.8) is 0 Å². The van der Waals surface area contributed by atoms with Crippen LogP contribution in [0.25, 0.3) is 16.7 Å². The molecular weight excluding hydrogens is 494 g/mol. The number of ketones is 1. The number of hydrogen-bond acceptors (Lipinski definition) is 6. The van der Waals surface area contributed by atoms with Crippen LogP contribution in [0.4, 0.5) is 17.6 Å². The lowest BCUT2D eigenvalue weighted by atomic mass is 9.86. The van der Waals surface area contributed by atoms with Gasteiger partial charge >= 0.3 is 12.3 Å². The molecule has 1 aromatic carbocycles. The molecule has 0 atom stereocenters. The van der Waals surface area contributed by atoms with Crippen LogP contribution in [0.5, 0.6) is 5.88 Å². The SMILES string of the molecule is CC(C)n1c(=O)n(-c2cc(OC(F)F)ncc2F)c2cc(F)c(C(=O)CC3(C)CS(=O)(=O)C3)cc21. The fourth-order valence-corrected chi connectivity index (χ4v) is 6.77. The molecule has 0 radical (unpaired) electrons. The molecule has 8 nitrogen and oxygen atoms in total. The number of rotatable bonds is 7. The zero-order valence-corrected chi connectivity index (χ0v) is 19.7. The molecule has 1 fully saturated rings. The Morgan fingerprint density at radius 2 is 1.80 bits per heavy atom. The minimum Gasteiger partial charge on any atom is -0.417 e. The molecule has 35 heavy (non-hydrogen) atoms. The lowest BCUT2D eigenvalue weighted by Crippen LogP contribution is -2.47. The fraction of sp³-hybridized carbons (Fsp3) is 0.409. The van der Waals surface area contributed by atoms with Crippen molar-refractivity contribution in [3.05, 3.63) is 52.1 Å². The van der Waals surface area contributed by atoms with E-state index in [-0.39, 0.29) is 34.5 Å². The molecular formula is C22H21F4N3O5S. The number of aromatic nitrogens is 3. The van der Waals surface area contributed by atoms with Crippen LogP contribution >= 0.6 is 0 Å². The molecule has 188 valence electrons. The Morgan fingerprint density at radius 3 is 2.37 bits per heavy atom. The van der Waals surface area contributed by atoms with Gasteiger partial charge in [0.15, 0.2) is 21.4 Å². The molecule has 1 aliphatic rings. The van der Waals surface area contributed by atoms with Crippen LogP contribution in [0.2, 0.25) is 0 Å². The Hall–Kier alpha value is -3.22. The predicted molar refractivity (Wildman–Crippen MR) is 118 cm³/mol. The Bertz CT molecular complexity index is 1500. The first kappa shape index (κ1) is 24.9. The highest BCUT2D eigenvalue weighted by Crippen LogP contribution is 2.37. The number of benzene rings is 1. The summed E-state index contributed by atoms with van der Waals surface area (Å²) in [6.07, 6.45) is 0.383. The summed E-state index contributed by atoms with van der Waals surface area (Å²) in [5.41, 5.74) is -2.45. The van der Waals surface area contributed by atoms with E-state index in [1.807, 2.05) is 0 Å². The van der Waals surface area contributed by atoms with Gasteiger partial charge in [0.2, 0.25) is 5.88 Å². The van der Waals surface area contributed by atoms with E-state index >= 15 is 4.39 Å². The van der Waals surface area contributed by atoms with Gasteiger partial charge in [-0.3, -0.25) is 13.9 Å². The number of sulfone groups is 1. The molecule has 13 heteroatoms. The largest absolute Gasteiger partial charge is 0.417 e. The summed E-state index contributed by atoms with van der Waals surface area (Å²) in [6, 6.07) is 2.34. The molecule has 3 heterocycles. The van der Waals surface area contributed by atoms with Gasteiger partial charge in [0.25, 0.3) is 0 Å². The Morgan fingerprint density at radius 1 is 1.14 bits per heavy atom. The van der Waals surface area contributed by atoms with Gasteiger partial charge in [-0.15, -0.1) is 0 Å².